The van der Waals surface area contributed by atoms with Crippen LogP contribution < -0.4 is 5.73 Å². The predicted molar refractivity (Wildman–Crippen MR) is 161 cm³/mol. The smallest absolute Gasteiger partial charge is 0.238 e. The molecule has 0 saturated heterocycles. The molecule has 2 aromatic carbocycles. The molecule has 0 heterocycles. The number of amides is 2. The molecule has 0 aliphatic heterocycles. The summed E-state index contributed by atoms with van der Waals surface area (Å²) in [6, 6.07) is 18.9. The average molecular weight is 561 g/mol. The van der Waals surface area contributed by atoms with Gasteiger partial charge in [0, 0.05) is 0 Å². The van der Waals surface area contributed by atoms with E-state index in [0.717, 1.165) is 62.5 Å². The van der Waals surface area contributed by atoms with Gasteiger partial charge in [0.2, 0.25) is 11.8 Å². The third kappa shape index (κ3) is 6.24. The third-order valence-electron chi connectivity index (χ3n) is 10.5. The van der Waals surface area contributed by atoms with Crippen molar-refractivity contribution < 1.29 is 19.8 Å². The Kier molecular flexibility index (Phi) is 9.20. The first-order valence-electron chi connectivity index (χ1n) is 15.9. The van der Waals surface area contributed by atoms with Crippen molar-refractivity contribution >= 4 is 11.8 Å². The molecule has 3 fully saturated rings. The van der Waals surface area contributed by atoms with Crippen LogP contribution in [0.2, 0.25) is 0 Å². The maximum absolute atomic E-state index is 15.1. The molecule has 41 heavy (non-hydrogen) atoms. The van der Waals surface area contributed by atoms with Crippen LogP contribution in [0.4, 0.5) is 0 Å². The standard InChI is InChI=1S/C35H48N2O4/c36-31(38)33(19-13-14-20-33)32(39)37(29(25-27-15-5-1-6-16-27)34(40)21-9-3-10-22-34)30(26-28-17-7-2-8-18-28)35(41)23-11-4-12-24-35/h1-2,5-8,15-18,29-30,40-41H,3-4,9-14,19-26H2,(H2,36,38). The first-order chi connectivity index (χ1) is 19.8. The number of carbonyl (C=O) groups is 2. The maximum atomic E-state index is 15.1. The fourth-order valence-corrected chi connectivity index (χ4v) is 8.06. The Morgan fingerprint density at radius 2 is 1.00 bits per heavy atom. The molecule has 6 heteroatoms. The van der Waals surface area contributed by atoms with E-state index in [2.05, 4.69) is 0 Å². The lowest BCUT2D eigenvalue weighted by Crippen LogP contribution is -2.68. The molecule has 6 nitrogen and oxygen atoms in total. The van der Waals surface area contributed by atoms with Crippen molar-refractivity contribution in [3.63, 3.8) is 0 Å². The van der Waals surface area contributed by atoms with Crippen molar-refractivity contribution in [2.75, 3.05) is 0 Å². The number of aliphatic hydroxyl groups is 2. The summed E-state index contributed by atoms with van der Waals surface area (Å²) in [7, 11) is 0. The monoisotopic (exact) mass is 560 g/mol. The minimum atomic E-state index is -1.31. The summed E-state index contributed by atoms with van der Waals surface area (Å²) in [4.78, 5) is 30.2. The Labute approximate surface area is 245 Å². The molecular weight excluding hydrogens is 512 g/mol. The van der Waals surface area contributed by atoms with Crippen molar-refractivity contribution in [3.05, 3.63) is 71.8 Å². The molecular formula is C35H48N2O4. The van der Waals surface area contributed by atoms with E-state index in [1.54, 1.807) is 0 Å². The second kappa shape index (κ2) is 12.7. The summed E-state index contributed by atoms with van der Waals surface area (Å²) in [5.41, 5.74) is 4.60. The quantitative estimate of drug-likeness (QED) is 0.335. The number of hydrogen-bond acceptors (Lipinski definition) is 4. The van der Waals surface area contributed by atoms with E-state index >= 15 is 4.79 Å². The van der Waals surface area contributed by atoms with Crippen molar-refractivity contribution in [2.24, 2.45) is 11.1 Å². The molecule has 0 spiro atoms. The molecule has 2 atom stereocenters. The van der Waals surface area contributed by atoms with Crippen molar-refractivity contribution in [2.45, 2.75) is 126 Å². The largest absolute Gasteiger partial charge is 0.388 e. The van der Waals surface area contributed by atoms with Crippen molar-refractivity contribution in [3.8, 4) is 0 Å². The van der Waals surface area contributed by atoms with Gasteiger partial charge in [0.1, 0.15) is 5.41 Å². The third-order valence-corrected chi connectivity index (χ3v) is 10.5. The van der Waals surface area contributed by atoms with Gasteiger partial charge in [0.05, 0.1) is 23.3 Å². The minimum absolute atomic E-state index is 0.289. The van der Waals surface area contributed by atoms with E-state index < -0.39 is 34.6 Å². The SMILES string of the molecule is NC(=O)C1(C(=O)N(C(Cc2ccccc2)C2(O)CCCCC2)C(Cc2ccccc2)C2(O)CCCCC2)CCCC1. The number of rotatable bonds is 10. The minimum Gasteiger partial charge on any atom is -0.388 e. The van der Waals surface area contributed by atoms with Crippen LogP contribution in [0.3, 0.4) is 0 Å². The maximum Gasteiger partial charge on any atom is 0.238 e. The van der Waals surface area contributed by atoms with Gasteiger partial charge >= 0.3 is 0 Å². The summed E-state index contributed by atoms with van der Waals surface area (Å²) < 4.78 is 0. The van der Waals surface area contributed by atoms with Gasteiger partial charge in [0.15, 0.2) is 0 Å². The first kappa shape index (κ1) is 29.8. The van der Waals surface area contributed by atoms with Gasteiger partial charge in [-0.2, -0.15) is 0 Å². The highest BCUT2D eigenvalue weighted by Crippen LogP contribution is 2.46. The summed E-state index contributed by atoms with van der Waals surface area (Å²) in [5, 5.41) is 25.0. The van der Waals surface area contributed by atoms with Gasteiger partial charge in [0.25, 0.3) is 0 Å². The number of carbonyl (C=O) groups excluding carboxylic acids is 2. The van der Waals surface area contributed by atoms with Crippen molar-refractivity contribution in [1.82, 2.24) is 4.90 Å². The van der Waals surface area contributed by atoms with Gasteiger partial charge in [-0.3, -0.25) is 9.59 Å². The van der Waals surface area contributed by atoms with Crippen LogP contribution in [0.1, 0.15) is 101 Å². The number of nitrogens with two attached hydrogens (primary N) is 1. The molecule has 3 saturated carbocycles. The lowest BCUT2D eigenvalue weighted by atomic mass is 9.71. The lowest BCUT2D eigenvalue weighted by Gasteiger charge is -2.54. The molecule has 2 unspecified atom stereocenters. The second-order valence-corrected chi connectivity index (χ2v) is 13.1. The highest BCUT2D eigenvalue weighted by Gasteiger charge is 2.57. The highest BCUT2D eigenvalue weighted by atomic mass is 16.3. The zero-order valence-corrected chi connectivity index (χ0v) is 24.5. The summed E-state index contributed by atoms with van der Waals surface area (Å²) >= 11 is 0. The van der Waals surface area contributed by atoms with Crippen LogP contribution in [0.25, 0.3) is 0 Å². The van der Waals surface area contributed by atoms with E-state index in [0.29, 0.717) is 51.4 Å². The predicted octanol–water partition coefficient (Wildman–Crippen LogP) is 5.47. The summed E-state index contributed by atoms with van der Waals surface area (Å²) in [5.74, 6) is -0.865. The van der Waals surface area contributed by atoms with E-state index in [1.165, 1.54) is 0 Å². The second-order valence-electron chi connectivity index (χ2n) is 13.1. The molecule has 3 aliphatic carbocycles. The van der Waals surface area contributed by atoms with Gasteiger partial charge in [-0.25, -0.2) is 0 Å². The number of hydrogen-bond donors (Lipinski definition) is 3. The number of benzene rings is 2. The summed E-state index contributed by atoms with van der Waals surface area (Å²) in [6.07, 6.45) is 11.3. The fourth-order valence-electron chi connectivity index (χ4n) is 8.06. The molecule has 2 amide bonds. The Morgan fingerprint density at radius 1 is 0.634 bits per heavy atom. The molecule has 222 valence electrons. The zero-order valence-electron chi connectivity index (χ0n) is 24.5. The van der Waals surface area contributed by atoms with E-state index in [9.17, 15) is 15.0 Å². The van der Waals surface area contributed by atoms with Crippen LogP contribution in [0, 0.1) is 5.41 Å². The highest BCUT2D eigenvalue weighted by molar-refractivity contribution is 6.05. The average Bonchev–Trinajstić information content (AvgIpc) is 3.50. The van der Waals surface area contributed by atoms with Crippen molar-refractivity contribution in [1.29, 1.82) is 0 Å². The van der Waals surface area contributed by atoms with E-state index in [-0.39, 0.29) is 5.91 Å². The van der Waals surface area contributed by atoms with Gasteiger partial charge < -0.3 is 20.8 Å². The van der Waals surface area contributed by atoms with Gasteiger partial charge in [-0.15, -0.1) is 0 Å². The first-order valence-corrected chi connectivity index (χ1v) is 15.9. The molecule has 5 rings (SSSR count). The van der Waals surface area contributed by atoms with Crippen LogP contribution >= 0.6 is 0 Å². The van der Waals surface area contributed by atoms with Crippen LogP contribution in [-0.4, -0.2) is 50.2 Å². The fraction of sp³-hybridized carbons (Fsp3) is 0.600. The molecule has 0 aromatic heterocycles. The Hall–Kier alpha value is -2.70. The van der Waals surface area contributed by atoms with Gasteiger partial charge in [-0.1, -0.05) is 112 Å². The molecule has 4 N–H and O–H groups in total. The zero-order chi connectivity index (χ0) is 28.9. The molecule has 0 radical (unpaired) electrons. The van der Waals surface area contributed by atoms with Crippen LogP contribution in [0.15, 0.2) is 60.7 Å². The molecule has 3 aliphatic rings. The Bertz CT molecular complexity index is 1080. The van der Waals surface area contributed by atoms with Gasteiger partial charge in [-0.05, 0) is 62.5 Å². The molecule has 0 bridgehead atoms. The van der Waals surface area contributed by atoms with E-state index in [1.807, 2.05) is 65.6 Å². The topological polar surface area (TPSA) is 104 Å². The number of primary amides is 1. The summed E-state index contributed by atoms with van der Waals surface area (Å²) in [6.45, 7) is 0. The number of nitrogens with zero attached hydrogens (tertiary/aromatic N) is 1. The lowest BCUT2D eigenvalue weighted by molar-refractivity contribution is -0.175. The normalized spacial score (nSPS) is 22.9. The Morgan fingerprint density at radius 3 is 1.37 bits per heavy atom. The molecule has 2 aromatic rings. The van der Waals surface area contributed by atoms with Crippen LogP contribution in [-0.2, 0) is 22.4 Å². The van der Waals surface area contributed by atoms with E-state index in [4.69, 9.17) is 5.73 Å². The van der Waals surface area contributed by atoms with Crippen LogP contribution in [0.5, 0.6) is 0 Å². The Balaban J connectivity index is 1.69.